The second kappa shape index (κ2) is 10.4. The fourth-order valence-electron chi connectivity index (χ4n) is 3.31. The normalized spacial score (nSPS) is 11.8. The van der Waals surface area contributed by atoms with Crippen LogP contribution < -0.4 is 15.8 Å². The number of aryl methyl sites for hydroxylation is 1. The molecule has 0 saturated heterocycles. The van der Waals surface area contributed by atoms with Crippen LogP contribution in [0.1, 0.15) is 56.6 Å². The number of rotatable bonds is 8. The van der Waals surface area contributed by atoms with Crippen molar-refractivity contribution < 1.29 is 17.9 Å². The summed E-state index contributed by atoms with van der Waals surface area (Å²) in [5.41, 5.74) is 8.37. The summed E-state index contributed by atoms with van der Waals surface area (Å²) in [4.78, 5) is 21.8. The van der Waals surface area contributed by atoms with Crippen molar-refractivity contribution in [3.8, 4) is 17.0 Å². The fraction of sp³-hybridized carbons (Fsp3) is 0.346. The number of hydrogen-bond acceptors (Lipinski definition) is 7. The lowest BCUT2D eigenvalue weighted by molar-refractivity contribution is 0.102. The first-order chi connectivity index (χ1) is 16.5. The van der Waals surface area contributed by atoms with Crippen LogP contribution in [-0.2, 0) is 9.84 Å². The first kappa shape index (κ1) is 26.2. The van der Waals surface area contributed by atoms with Gasteiger partial charge in [0.15, 0.2) is 21.3 Å². The molecule has 0 atom stereocenters. The lowest BCUT2D eigenvalue weighted by atomic mass is 10.1. The number of nitrogens with one attached hydrogen (secondary N) is 1. The zero-order chi connectivity index (χ0) is 25.8. The number of benzene rings is 2. The summed E-state index contributed by atoms with van der Waals surface area (Å²) in [6, 6.07) is 11.8. The molecule has 3 rings (SSSR count). The Balaban J connectivity index is 1.88. The number of para-hydroxylation sites is 1. The summed E-state index contributed by atoms with van der Waals surface area (Å²) >= 11 is 0. The zero-order valence-corrected chi connectivity index (χ0v) is 21.6. The number of carbonyl (C=O) groups is 1. The lowest BCUT2D eigenvalue weighted by Crippen LogP contribution is -2.27. The molecule has 0 unspecified atom stereocenters. The van der Waals surface area contributed by atoms with Crippen LogP contribution in [0.4, 0.5) is 11.5 Å². The van der Waals surface area contributed by atoms with E-state index in [4.69, 9.17) is 10.5 Å². The number of unbranched alkanes of at least 4 members (excludes halogenated alkanes) is 1. The average Bonchev–Trinajstić information content (AvgIpc) is 2.80. The first-order valence-electron chi connectivity index (χ1n) is 11.5. The van der Waals surface area contributed by atoms with Crippen molar-refractivity contribution in [2.75, 3.05) is 17.7 Å². The van der Waals surface area contributed by atoms with E-state index in [1.807, 2.05) is 19.1 Å². The van der Waals surface area contributed by atoms with E-state index in [9.17, 15) is 13.2 Å². The summed E-state index contributed by atoms with van der Waals surface area (Å²) < 4.78 is 30.4. The molecule has 0 aliphatic rings. The number of nitrogens with zero attached hydrogens (tertiary/aromatic N) is 2. The third-order valence-electron chi connectivity index (χ3n) is 5.49. The van der Waals surface area contributed by atoms with Gasteiger partial charge in [-0.05, 0) is 57.9 Å². The smallest absolute Gasteiger partial charge is 0.278 e. The van der Waals surface area contributed by atoms with Crippen LogP contribution in [0, 0.1) is 6.92 Å². The number of sulfone groups is 1. The molecule has 0 fully saturated rings. The third-order valence-corrected chi connectivity index (χ3v) is 7.99. The second-order valence-electron chi connectivity index (χ2n) is 9.24. The van der Waals surface area contributed by atoms with Gasteiger partial charge in [-0.1, -0.05) is 37.6 Å². The van der Waals surface area contributed by atoms with Crippen LogP contribution in [0.25, 0.3) is 11.3 Å². The van der Waals surface area contributed by atoms with E-state index in [1.165, 1.54) is 18.3 Å². The van der Waals surface area contributed by atoms with E-state index >= 15 is 0 Å². The Labute approximate surface area is 206 Å². The molecule has 0 radical (unpaired) electrons. The Morgan fingerprint density at radius 3 is 2.43 bits per heavy atom. The Morgan fingerprint density at radius 2 is 1.80 bits per heavy atom. The molecule has 35 heavy (non-hydrogen) atoms. The van der Waals surface area contributed by atoms with Crippen molar-refractivity contribution in [2.24, 2.45) is 0 Å². The molecule has 8 nitrogen and oxygen atoms in total. The van der Waals surface area contributed by atoms with E-state index < -0.39 is 20.5 Å². The topological polar surface area (TPSA) is 124 Å². The molecule has 1 amide bonds. The number of carbonyl (C=O) groups excluding carboxylic acids is 1. The van der Waals surface area contributed by atoms with Crippen molar-refractivity contribution in [3.63, 3.8) is 0 Å². The molecule has 1 aromatic heterocycles. The number of amides is 1. The molecule has 3 aromatic rings. The van der Waals surface area contributed by atoms with Gasteiger partial charge in [-0.15, -0.1) is 0 Å². The van der Waals surface area contributed by atoms with Gasteiger partial charge in [-0.3, -0.25) is 4.79 Å². The van der Waals surface area contributed by atoms with Gasteiger partial charge in [-0.25, -0.2) is 18.4 Å². The maximum Gasteiger partial charge on any atom is 0.278 e. The van der Waals surface area contributed by atoms with Crippen LogP contribution >= 0.6 is 0 Å². The molecule has 3 N–H and O–H groups in total. The van der Waals surface area contributed by atoms with Gasteiger partial charge >= 0.3 is 0 Å². The third kappa shape index (κ3) is 5.79. The van der Waals surface area contributed by atoms with Crippen LogP contribution in [0.5, 0.6) is 5.75 Å². The lowest BCUT2D eigenvalue weighted by Gasteiger charge is -2.19. The average molecular weight is 497 g/mol. The van der Waals surface area contributed by atoms with Gasteiger partial charge in [0.05, 0.1) is 33.8 Å². The Kier molecular flexibility index (Phi) is 7.80. The van der Waals surface area contributed by atoms with Gasteiger partial charge in [0.25, 0.3) is 5.91 Å². The predicted molar refractivity (Wildman–Crippen MR) is 138 cm³/mol. The van der Waals surface area contributed by atoms with Crippen LogP contribution in [0.3, 0.4) is 0 Å². The summed E-state index contributed by atoms with van der Waals surface area (Å²) in [6.45, 7) is 9.50. The Morgan fingerprint density at radius 1 is 1.11 bits per heavy atom. The summed E-state index contributed by atoms with van der Waals surface area (Å²) in [7, 11) is -3.49. The maximum atomic E-state index is 13.1. The molecule has 2 aromatic carbocycles. The zero-order valence-electron chi connectivity index (χ0n) is 20.8. The number of ether oxygens (including phenoxy) is 1. The van der Waals surface area contributed by atoms with Crippen molar-refractivity contribution >= 4 is 27.2 Å². The highest BCUT2D eigenvalue weighted by atomic mass is 32.2. The van der Waals surface area contributed by atoms with E-state index in [0.717, 1.165) is 18.4 Å². The highest BCUT2D eigenvalue weighted by molar-refractivity contribution is 7.92. The van der Waals surface area contributed by atoms with Gasteiger partial charge in [0.1, 0.15) is 5.75 Å². The predicted octanol–water partition coefficient (Wildman–Crippen LogP) is 5.04. The van der Waals surface area contributed by atoms with Gasteiger partial charge in [-0.2, -0.15) is 0 Å². The van der Waals surface area contributed by atoms with E-state index in [-0.39, 0.29) is 16.4 Å². The second-order valence-corrected chi connectivity index (χ2v) is 11.9. The summed E-state index contributed by atoms with van der Waals surface area (Å²) in [6.07, 6.45) is 3.35. The number of anilines is 2. The first-order valence-corrected chi connectivity index (χ1v) is 13.0. The molecule has 0 saturated carbocycles. The number of nitrogen functional groups attached to an aromatic ring is 1. The number of hydrogen-bond donors (Lipinski definition) is 2. The van der Waals surface area contributed by atoms with Crippen molar-refractivity contribution in [2.45, 2.75) is 57.1 Å². The molecule has 0 aliphatic heterocycles. The highest BCUT2D eigenvalue weighted by Crippen LogP contribution is 2.30. The quantitative estimate of drug-likeness (QED) is 0.419. The van der Waals surface area contributed by atoms with Crippen LogP contribution in [-0.4, -0.2) is 35.6 Å². The molecule has 9 heteroatoms. The molecule has 0 spiro atoms. The molecule has 1 heterocycles. The summed E-state index contributed by atoms with van der Waals surface area (Å²) in [5, 5.41) is 2.83. The van der Waals surface area contributed by atoms with Crippen molar-refractivity contribution in [3.05, 3.63) is 59.9 Å². The molecular formula is C26H32N4O4S. The fourth-order valence-corrected chi connectivity index (χ4v) is 4.51. The Hall–Kier alpha value is -3.46. The summed E-state index contributed by atoms with van der Waals surface area (Å²) in [5.74, 6) is 0.0710. The molecule has 0 aliphatic carbocycles. The van der Waals surface area contributed by atoms with E-state index in [0.29, 0.717) is 29.3 Å². The maximum absolute atomic E-state index is 13.1. The minimum atomic E-state index is -3.49. The number of aromatic nitrogens is 2. The van der Waals surface area contributed by atoms with Gasteiger partial charge in [0.2, 0.25) is 0 Å². The van der Waals surface area contributed by atoms with E-state index in [1.54, 1.807) is 39.0 Å². The van der Waals surface area contributed by atoms with Gasteiger partial charge < -0.3 is 15.8 Å². The van der Waals surface area contributed by atoms with Crippen molar-refractivity contribution in [1.29, 1.82) is 0 Å². The van der Waals surface area contributed by atoms with Crippen LogP contribution in [0.15, 0.2) is 53.6 Å². The monoisotopic (exact) mass is 496 g/mol. The molecule has 186 valence electrons. The number of nitrogens with two attached hydrogens (primary N) is 1. The SMILES string of the molecule is CCCCOc1c(C)cccc1NC(=O)c1nc(-c2ccc(S(=O)(=O)C(C)(C)C)cc2)cnc1N. The standard InChI is InChI=1S/C26H32N4O4S/c1-6-7-15-34-23-17(2)9-8-10-20(23)30-25(31)22-24(27)28-16-21(29-22)18-11-13-19(14-12-18)35(32,33)26(3,4)5/h8-14,16H,6-7,15H2,1-5H3,(H2,27,28)(H,30,31). The highest BCUT2D eigenvalue weighted by Gasteiger charge is 2.30. The van der Waals surface area contributed by atoms with Crippen molar-refractivity contribution in [1.82, 2.24) is 9.97 Å². The minimum absolute atomic E-state index is 0.0146. The molecular weight excluding hydrogens is 464 g/mol. The molecule has 0 bridgehead atoms. The van der Waals surface area contributed by atoms with E-state index in [2.05, 4.69) is 22.2 Å². The largest absolute Gasteiger partial charge is 0.491 e. The van der Waals surface area contributed by atoms with Gasteiger partial charge in [0, 0.05) is 5.56 Å². The minimum Gasteiger partial charge on any atom is -0.491 e. The van der Waals surface area contributed by atoms with Crippen LogP contribution in [0.2, 0.25) is 0 Å². The Bertz CT molecular complexity index is 1310.